The Morgan fingerprint density at radius 2 is 1.76 bits per heavy atom. The summed E-state index contributed by atoms with van der Waals surface area (Å²) in [6, 6.07) is 14.5. The van der Waals surface area contributed by atoms with Crippen molar-refractivity contribution >= 4 is 11.8 Å². The molecule has 2 aromatic carbocycles. The normalized spacial score (nSPS) is 11.4. The Morgan fingerprint density at radius 3 is 2.34 bits per heavy atom. The highest BCUT2D eigenvalue weighted by Crippen LogP contribution is 2.19. The van der Waals surface area contributed by atoms with Crippen molar-refractivity contribution in [3.8, 4) is 11.5 Å². The van der Waals surface area contributed by atoms with Crippen molar-refractivity contribution in [2.24, 2.45) is 0 Å². The van der Waals surface area contributed by atoms with Gasteiger partial charge in [-0.1, -0.05) is 37.3 Å². The van der Waals surface area contributed by atoms with Crippen molar-refractivity contribution in [1.29, 1.82) is 0 Å². The second kappa shape index (κ2) is 11.1. The Labute approximate surface area is 172 Å². The monoisotopic (exact) mass is 398 g/mol. The molecule has 0 aromatic heterocycles. The second-order valence-electron chi connectivity index (χ2n) is 6.74. The summed E-state index contributed by atoms with van der Waals surface area (Å²) in [5.41, 5.74) is 1.87. The SMILES string of the molecule is CCNC(=O)C(CC)N(Cc1ccc(OC)cc1)C(=O)COc1ccccc1C. The average molecular weight is 399 g/mol. The number of amides is 2. The van der Waals surface area contributed by atoms with Crippen LogP contribution < -0.4 is 14.8 Å². The van der Waals surface area contributed by atoms with Crippen LogP contribution >= 0.6 is 0 Å². The standard InChI is InChI=1S/C23H30N2O4/c1-5-20(23(27)24-6-2)25(15-18-11-13-19(28-4)14-12-18)22(26)16-29-21-10-8-7-9-17(21)3/h7-14,20H,5-6,15-16H2,1-4H3,(H,24,27). The summed E-state index contributed by atoms with van der Waals surface area (Å²) in [7, 11) is 1.61. The number of likely N-dealkylation sites (N-methyl/N-ethyl adjacent to an activating group) is 1. The minimum atomic E-state index is -0.565. The molecule has 0 aliphatic heterocycles. The van der Waals surface area contributed by atoms with Gasteiger partial charge >= 0.3 is 0 Å². The lowest BCUT2D eigenvalue weighted by Gasteiger charge is -2.30. The van der Waals surface area contributed by atoms with E-state index >= 15 is 0 Å². The summed E-state index contributed by atoms with van der Waals surface area (Å²) in [5.74, 6) is 1.01. The molecule has 0 aliphatic carbocycles. The molecule has 156 valence electrons. The first-order valence-electron chi connectivity index (χ1n) is 9.88. The fraction of sp³-hybridized carbons (Fsp3) is 0.391. The Bertz CT molecular complexity index is 805. The molecular formula is C23H30N2O4. The Balaban J connectivity index is 2.20. The highest BCUT2D eigenvalue weighted by molar-refractivity contribution is 5.88. The summed E-state index contributed by atoms with van der Waals surface area (Å²) in [6.45, 7) is 6.39. The fourth-order valence-electron chi connectivity index (χ4n) is 3.08. The molecule has 29 heavy (non-hydrogen) atoms. The molecule has 0 saturated heterocycles. The third-order valence-corrected chi connectivity index (χ3v) is 4.69. The molecule has 1 unspecified atom stereocenters. The second-order valence-corrected chi connectivity index (χ2v) is 6.74. The lowest BCUT2D eigenvalue weighted by molar-refractivity contribution is -0.142. The number of methoxy groups -OCH3 is 1. The van der Waals surface area contributed by atoms with Gasteiger partial charge in [0.25, 0.3) is 5.91 Å². The number of hydrogen-bond acceptors (Lipinski definition) is 4. The number of nitrogens with zero attached hydrogens (tertiary/aromatic N) is 1. The molecule has 0 radical (unpaired) electrons. The molecule has 0 fully saturated rings. The molecule has 2 rings (SSSR count). The first-order chi connectivity index (χ1) is 14.0. The van der Waals surface area contributed by atoms with Crippen molar-refractivity contribution in [1.82, 2.24) is 10.2 Å². The van der Waals surface area contributed by atoms with Gasteiger partial charge in [-0.25, -0.2) is 0 Å². The largest absolute Gasteiger partial charge is 0.497 e. The lowest BCUT2D eigenvalue weighted by Crippen LogP contribution is -2.50. The van der Waals surface area contributed by atoms with Gasteiger partial charge in [-0.15, -0.1) is 0 Å². The highest BCUT2D eigenvalue weighted by Gasteiger charge is 2.28. The first-order valence-corrected chi connectivity index (χ1v) is 9.88. The van der Waals surface area contributed by atoms with Gasteiger partial charge in [-0.05, 0) is 49.6 Å². The maximum atomic E-state index is 13.1. The van der Waals surface area contributed by atoms with E-state index in [2.05, 4.69) is 5.32 Å². The van der Waals surface area contributed by atoms with Gasteiger partial charge in [-0.3, -0.25) is 9.59 Å². The highest BCUT2D eigenvalue weighted by atomic mass is 16.5. The fourth-order valence-corrected chi connectivity index (χ4v) is 3.08. The summed E-state index contributed by atoms with van der Waals surface area (Å²) >= 11 is 0. The van der Waals surface area contributed by atoms with Crippen LogP contribution in [-0.2, 0) is 16.1 Å². The maximum absolute atomic E-state index is 13.1. The number of para-hydroxylation sites is 1. The number of carbonyl (C=O) groups is 2. The minimum absolute atomic E-state index is 0.128. The smallest absolute Gasteiger partial charge is 0.261 e. The maximum Gasteiger partial charge on any atom is 0.261 e. The van der Waals surface area contributed by atoms with E-state index < -0.39 is 6.04 Å². The van der Waals surface area contributed by atoms with Crippen LogP contribution in [0.2, 0.25) is 0 Å². The van der Waals surface area contributed by atoms with E-state index in [0.717, 1.165) is 16.9 Å². The molecule has 0 saturated carbocycles. The summed E-state index contributed by atoms with van der Waals surface area (Å²) in [5, 5.41) is 2.83. The van der Waals surface area contributed by atoms with Crippen LogP contribution in [0.3, 0.4) is 0 Å². The molecule has 6 nitrogen and oxygen atoms in total. The van der Waals surface area contributed by atoms with E-state index in [1.54, 1.807) is 12.0 Å². The topological polar surface area (TPSA) is 67.9 Å². The van der Waals surface area contributed by atoms with E-state index in [1.807, 2.05) is 69.3 Å². The van der Waals surface area contributed by atoms with Crippen LogP contribution in [0.15, 0.2) is 48.5 Å². The van der Waals surface area contributed by atoms with Gasteiger partial charge in [0.15, 0.2) is 6.61 Å². The predicted molar refractivity (Wildman–Crippen MR) is 113 cm³/mol. The van der Waals surface area contributed by atoms with Crippen LogP contribution in [0.4, 0.5) is 0 Å². The van der Waals surface area contributed by atoms with E-state index in [0.29, 0.717) is 25.3 Å². The number of hydrogen-bond donors (Lipinski definition) is 1. The van der Waals surface area contributed by atoms with E-state index in [4.69, 9.17) is 9.47 Å². The number of carbonyl (C=O) groups excluding carboxylic acids is 2. The molecule has 0 spiro atoms. The van der Waals surface area contributed by atoms with Gasteiger partial charge < -0.3 is 19.7 Å². The molecule has 1 atom stereocenters. The lowest BCUT2D eigenvalue weighted by atomic mass is 10.1. The van der Waals surface area contributed by atoms with Crippen LogP contribution in [0, 0.1) is 6.92 Å². The van der Waals surface area contributed by atoms with Crippen molar-refractivity contribution in [3.63, 3.8) is 0 Å². The minimum Gasteiger partial charge on any atom is -0.497 e. The zero-order valence-corrected chi connectivity index (χ0v) is 17.6. The number of rotatable bonds is 10. The number of nitrogens with one attached hydrogen (secondary N) is 1. The van der Waals surface area contributed by atoms with Gasteiger partial charge in [0.2, 0.25) is 5.91 Å². The molecule has 6 heteroatoms. The number of benzene rings is 2. The molecule has 1 N–H and O–H groups in total. The predicted octanol–water partition coefficient (Wildman–Crippen LogP) is 3.33. The molecule has 2 amide bonds. The van der Waals surface area contributed by atoms with Crippen molar-refractivity contribution < 1.29 is 19.1 Å². The Morgan fingerprint density at radius 1 is 1.07 bits per heavy atom. The van der Waals surface area contributed by atoms with Gasteiger partial charge in [0.1, 0.15) is 17.5 Å². The Hall–Kier alpha value is -3.02. The van der Waals surface area contributed by atoms with Crippen molar-refractivity contribution in [3.05, 3.63) is 59.7 Å². The van der Waals surface area contributed by atoms with Crippen LogP contribution in [0.25, 0.3) is 0 Å². The molecular weight excluding hydrogens is 368 g/mol. The van der Waals surface area contributed by atoms with Gasteiger partial charge in [0.05, 0.1) is 7.11 Å². The van der Waals surface area contributed by atoms with Gasteiger partial charge in [0, 0.05) is 13.1 Å². The molecule has 0 heterocycles. The average Bonchev–Trinajstić information content (AvgIpc) is 2.73. The molecule has 0 bridgehead atoms. The first kappa shape index (κ1) is 22.3. The van der Waals surface area contributed by atoms with E-state index in [1.165, 1.54) is 0 Å². The quantitative estimate of drug-likeness (QED) is 0.667. The zero-order valence-electron chi connectivity index (χ0n) is 17.6. The number of ether oxygens (including phenoxy) is 2. The van der Waals surface area contributed by atoms with E-state index in [9.17, 15) is 9.59 Å². The van der Waals surface area contributed by atoms with Crippen LogP contribution in [0.1, 0.15) is 31.4 Å². The van der Waals surface area contributed by atoms with Crippen molar-refractivity contribution in [2.75, 3.05) is 20.3 Å². The summed E-state index contributed by atoms with van der Waals surface area (Å²) < 4.78 is 10.9. The molecule has 0 aliphatic rings. The summed E-state index contributed by atoms with van der Waals surface area (Å²) in [4.78, 5) is 27.2. The van der Waals surface area contributed by atoms with Gasteiger partial charge in [-0.2, -0.15) is 0 Å². The zero-order chi connectivity index (χ0) is 21.2. The van der Waals surface area contributed by atoms with Crippen LogP contribution in [0.5, 0.6) is 11.5 Å². The van der Waals surface area contributed by atoms with Crippen LogP contribution in [-0.4, -0.2) is 43.0 Å². The van der Waals surface area contributed by atoms with Crippen molar-refractivity contribution in [2.45, 2.75) is 39.8 Å². The third kappa shape index (κ3) is 6.24. The summed E-state index contributed by atoms with van der Waals surface area (Å²) in [6.07, 6.45) is 0.512. The molecule has 2 aromatic rings. The third-order valence-electron chi connectivity index (χ3n) is 4.69. The Kier molecular flexibility index (Phi) is 8.52. The number of aryl methyl sites for hydroxylation is 1. The van der Waals surface area contributed by atoms with E-state index in [-0.39, 0.29) is 18.4 Å².